The normalized spacial score (nSPS) is 25.3. The highest BCUT2D eigenvalue weighted by Gasteiger charge is 2.55. The minimum absolute atomic E-state index is 0.0210. The molecule has 0 saturated carbocycles. The standard InChI is InChI=1S/C21H24N2O4S/c1-2-28(26,27)22-12-18-21(19(14-24)23(18)20(25)13-22)17-10-8-16(9-11-17)15-6-4-3-5-7-15/h3-11,18-19,21,24H,2,12-14H2,1H3/t18-,19+,21+/m0/s1. The van der Waals surface area contributed by atoms with Crippen LogP contribution in [0.25, 0.3) is 11.1 Å². The van der Waals surface area contributed by atoms with E-state index in [0.29, 0.717) is 0 Å². The average Bonchev–Trinajstić information content (AvgIpc) is 2.70. The first kappa shape index (κ1) is 19.1. The second kappa shape index (κ2) is 7.31. The highest BCUT2D eigenvalue weighted by Crippen LogP contribution is 2.43. The van der Waals surface area contributed by atoms with Crippen LogP contribution in [0, 0.1) is 0 Å². The maximum atomic E-state index is 12.5. The number of hydrogen-bond donors (Lipinski definition) is 1. The maximum Gasteiger partial charge on any atom is 0.238 e. The third-order valence-electron chi connectivity index (χ3n) is 5.88. The summed E-state index contributed by atoms with van der Waals surface area (Å²) in [5.74, 6) is -0.328. The van der Waals surface area contributed by atoms with Crippen LogP contribution in [-0.2, 0) is 14.8 Å². The third-order valence-corrected chi connectivity index (χ3v) is 7.68. The summed E-state index contributed by atoms with van der Waals surface area (Å²) in [4.78, 5) is 14.2. The lowest BCUT2D eigenvalue weighted by Gasteiger charge is -2.58. The van der Waals surface area contributed by atoms with E-state index in [1.165, 1.54) is 4.31 Å². The first-order valence-electron chi connectivity index (χ1n) is 9.51. The number of fused-ring (bicyclic) bond motifs is 1. The van der Waals surface area contributed by atoms with Crippen LogP contribution < -0.4 is 0 Å². The molecule has 0 aromatic heterocycles. The Labute approximate surface area is 165 Å². The topological polar surface area (TPSA) is 77.9 Å². The van der Waals surface area contributed by atoms with Crippen molar-refractivity contribution in [2.24, 2.45) is 0 Å². The minimum atomic E-state index is -3.43. The summed E-state index contributed by atoms with van der Waals surface area (Å²) in [6.45, 7) is 1.60. The fraction of sp³-hybridized carbons (Fsp3) is 0.381. The highest BCUT2D eigenvalue weighted by molar-refractivity contribution is 7.89. The van der Waals surface area contributed by atoms with E-state index < -0.39 is 10.0 Å². The highest BCUT2D eigenvalue weighted by atomic mass is 32.2. The summed E-state index contributed by atoms with van der Waals surface area (Å²) in [5.41, 5.74) is 3.23. The molecule has 3 atom stereocenters. The summed E-state index contributed by atoms with van der Waals surface area (Å²) in [6, 6.07) is 17.6. The Morgan fingerprint density at radius 3 is 2.29 bits per heavy atom. The zero-order chi connectivity index (χ0) is 19.9. The van der Waals surface area contributed by atoms with E-state index in [1.807, 2.05) is 54.6 Å². The number of hydrogen-bond acceptors (Lipinski definition) is 4. The molecule has 2 fully saturated rings. The molecule has 28 heavy (non-hydrogen) atoms. The molecular formula is C21H24N2O4S. The number of carbonyl (C=O) groups is 1. The lowest BCUT2D eigenvalue weighted by Crippen LogP contribution is -2.73. The largest absolute Gasteiger partial charge is 0.394 e. The van der Waals surface area contributed by atoms with Crippen LogP contribution >= 0.6 is 0 Å². The van der Waals surface area contributed by atoms with Crippen molar-refractivity contribution in [2.45, 2.75) is 24.9 Å². The number of sulfonamides is 1. The molecule has 6 nitrogen and oxygen atoms in total. The molecule has 0 bridgehead atoms. The number of piperazine rings is 1. The van der Waals surface area contributed by atoms with E-state index >= 15 is 0 Å². The van der Waals surface area contributed by atoms with Crippen LogP contribution in [0.5, 0.6) is 0 Å². The number of nitrogens with zero attached hydrogens (tertiary/aromatic N) is 2. The van der Waals surface area contributed by atoms with E-state index in [9.17, 15) is 18.3 Å². The second-order valence-corrected chi connectivity index (χ2v) is 9.58. The summed E-state index contributed by atoms with van der Waals surface area (Å²) in [6.07, 6.45) is 0. The Morgan fingerprint density at radius 1 is 1.04 bits per heavy atom. The molecule has 1 N–H and O–H groups in total. The van der Waals surface area contributed by atoms with Crippen LogP contribution in [0.2, 0.25) is 0 Å². The Kier molecular flexibility index (Phi) is 4.99. The molecule has 0 aliphatic carbocycles. The quantitative estimate of drug-likeness (QED) is 0.828. The summed E-state index contributed by atoms with van der Waals surface area (Å²) < 4.78 is 25.8. The molecule has 148 valence electrons. The van der Waals surface area contributed by atoms with Crippen molar-refractivity contribution in [1.82, 2.24) is 9.21 Å². The van der Waals surface area contributed by atoms with Gasteiger partial charge in [-0.3, -0.25) is 4.79 Å². The van der Waals surface area contributed by atoms with Gasteiger partial charge in [0, 0.05) is 12.5 Å². The van der Waals surface area contributed by atoms with Gasteiger partial charge in [-0.15, -0.1) is 0 Å². The van der Waals surface area contributed by atoms with Gasteiger partial charge in [0.15, 0.2) is 0 Å². The predicted octanol–water partition coefficient (Wildman–Crippen LogP) is 1.67. The molecule has 2 heterocycles. The Morgan fingerprint density at radius 2 is 1.68 bits per heavy atom. The fourth-order valence-electron chi connectivity index (χ4n) is 4.39. The number of aliphatic hydroxyl groups is 1. The lowest BCUT2D eigenvalue weighted by atomic mass is 9.74. The van der Waals surface area contributed by atoms with E-state index in [4.69, 9.17) is 0 Å². The molecule has 2 aliphatic rings. The van der Waals surface area contributed by atoms with Gasteiger partial charge in [-0.25, -0.2) is 8.42 Å². The van der Waals surface area contributed by atoms with E-state index in [2.05, 4.69) is 0 Å². The van der Waals surface area contributed by atoms with Gasteiger partial charge < -0.3 is 10.0 Å². The molecule has 2 aliphatic heterocycles. The zero-order valence-corrected chi connectivity index (χ0v) is 16.5. The molecule has 0 spiro atoms. The smallest absolute Gasteiger partial charge is 0.238 e. The van der Waals surface area contributed by atoms with Crippen molar-refractivity contribution in [3.63, 3.8) is 0 Å². The van der Waals surface area contributed by atoms with Crippen LogP contribution in [0.4, 0.5) is 0 Å². The van der Waals surface area contributed by atoms with Crippen molar-refractivity contribution in [1.29, 1.82) is 0 Å². The van der Waals surface area contributed by atoms with Crippen LogP contribution in [-0.4, -0.2) is 66.2 Å². The van der Waals surface area contributed by atoms with Crippen LogP contribution in [0.15, 0.2) is 54.6 Å². The SMILES string of the molecule is CCS(=O)(=O)N1CC(=O)N2[C@H](CO)[C@H](c3ccc(-c4ccccc4)cc3)[C@@H]2C1. The van der Waals surface area contributed by atoms with Gasteiger partial charge in [0.1, 0.15) is 0 Å². The number of rotatable bonds is 5. The number of benzene rings is 2. The van der Waals surface area contributed by atoms with Crippen molar-refractivity contribution in [2.75, 3.05) is 25.4 Å². The summed E-state index contributed by atoms with van der Waals surface area (Å²) in [5, 5.41) is 9.85. The molecule has 0 radical (unpaired) electrons. The van der Waals surface area contributed by atoms with E-state index in [-0.39, 0.29) is 49.4 Å². The van der Waals surface area contributed by atoms with Crippen molar-refractivity contribution >= 4 is 15.9 Å². The number of amides is 1. The van der Waals surface area contributed by atoms with Crippen molar-refractivity contribution in [3.05, 3.63) is 60.2 Å². The van der Waals surface area contributed by atoms with Gasteiger partial charge in [0.05, 0.1) is 31.0 Å². The van der Waals surface area contributed by atoms with E-state index in [1.54, 1.807) is 11.8 Å². The van der Waals surface area contributed by atoms with Gasteiger partial charge >= 0.3 is 0 Å². The van der Waals surface area contributed by atoms with Crippen molar-refractivity contribution in [3.8, 4) is 11.1 Å². The fourth-order valence-corrected chi connectivity index (χ4v) is 5.44. The van der Waals surface area contributed by atoms with Gasteiger partial charge in [-0.05, 0) is 23.6 Å². The zero-order valence-electron chi connectivity index (χ0n) is 15.7. The Bertz CT molecular complexity index is 960. The van der Waals surface area contributed by atoms with Crippen molar-refractivity contribution < 1.29 is 18.3 Å². The van der Waals surface area contributed by atoms with E-state index in [0.717, 1.165) is 16.7 Å². The maximum absolute atomic E-state index is 12.5. The molecule has 7 heteroatoms. The molecule has 2 saturated heterocycles. The minimum Gasteiger partial charge on any atom is -0.394 e. The number of carbonyl (C=O) groups excluding carboxylic acids is 1. The molecular weight excluding hydrogens is 376 g/mol. The molecule has 0 unspecified atom stereocenters. The first-order valence-corrected chi connectivity index (χ1v) is 11.1. The second-order valence-electron chi connectivity index (χ2n) is 7.33. The molecule has 2 aromatic rings. The van der Waals surface area contributed by atoms with Crippen LogP contribution in [0.3, 0.4) is 0 Å². The third kappa shape index (κ3) is 3.13. The van der Waals surface area contributed by atoms with Gasteiger partial charge in [0.2, 0.25) is 15.9 Å². The lowest BCUT2D eigenvalue weighted by molar-refractivity contribution is -0.158. The Balaban J connectivity index is 1.61. The Hall–Kier alpha value is -2.22. The van der Waals surface area contributed by atoms with Gasteiger partial charge in [-0.2, -0.15) is 4.31 Å². The summed E-state index contributed by atoms with van der Waals surface area (Å²) >= 11 is 0. The number of aliphatic hydroxyl groups excluding tert-OH is 1. The molecule has 4 rings (SSSR count). The molecule has 1 amide bonds. The summed E-state index contributed by atoms with van der Waals surface area (Å²) in [7, 11) is -3.43. The monoisotopic (exact) mass is 400 g/mol. The van der Waals surface area contributed by atoms with Gasteiger partial charge in [-0.1, -0.05) is 54.6 Å². The van der Waals surface area contributed by atoms with Crippen LogP contribution in [0.1, 0.15) is 18.4 Å². The predicted molar refractivity (Wildman–Crippen MR) is 107 cm³/mol. The first-order chi connectivity index (χ1) is 13.5. The average molecular weight is 401 g/mol. The molecule has 2 aromatic carbocycles. The van der Waals surface area contributed by atoms with Gasteiger partial charge in [0.25, 0.3) is 0 Å².